The van der Waals surface area contributed by atoms with E-state index in [9.17, 15) is 9.59 Å². The van der Waals surface area contributed by atoms with Crippen LogP contribution in [0.25, 0.3) is 0 Å². The molecule has 1 atom stereocenters. The lowest BCUT2D eigenvalue weighted by Gasteiger charge is -2.15. The van der Waals surface area contributed by atoms with Crippen molar-refractivity contribution in [1.29, 1.82) is 0 Å². The molecule has 0 saturated carbocycles. The van der Waals surface area contributed by atoms with Gasteiger partial charge in [-0.3, -0.25) is 4.79 Å². The van der Waals surface area contributed by atoms with Crippen molar-refractivity contribution < 1.29 is 14.3 Å². The Labute approximate surface area is 120 Å². The number of thiophene rings is 1. The number of H-pyrrole nitrogens is 1. The van der Waals surface area contributed by atoms with Crippen LogP contribution >= 0.6 is 11.3 Å². The Kier molecular flexibility index (Phi) is 4.89. The Morgan fingerprint density at radius 1 is 1.55 bits per heavy atom. The number of hydrogen-bond acceptors (Lipinski definition) is 5. The van der Waals surface area contributed by atoms with Gasteiger partial charge in [0.15, 0.2) is 0 Å². The lowest BCUT2D eigenvalue weighted by molar-refractivity contribution is -0.145. The first kappa shape index (κ1) is 14.3. The van der Waals surface area contributed by atoms with Crippen molar-refractivity contribution in [1.82, 2.24) is 15.3 Å². The molecule has 0 saturated heterocycles. The van der Waals surface area contributed by atoms with Crippen LogP contribution in [0.5, 0.6) is 0 Å². The molecule has 106 valence electrons. The summed E-state index contributed by atoms with van der Waals surface area (Å²) in [5.74, 6) is -0.679. The lowest BCUT2D eigenvalue weighted by Crippen LogP contribution is -2.43. The van der Waals surface area contributed by atoms with E-state index >= 15 is 0 Å². The van der Waals surface area contributed by atoms with E-state index in [-0.39, 0.29) is 12.3 Å². The van der Waals surface area contributed by atoms with Crippen LogP contribution in [-0.4, -0.2) is 35.0 Å². The molecule has 0 fully saturated rings. The Morgan fingerprint density at radius 2 is 2.40 bits per heavy atom. The molecule has 7 heteroatoms. The summed E-state index contributed by atoms with van der Waals surface area (Å²) in [6.07, 6.45) is 3.72. The normalized spacial score (nSPS) is 11.8. The molecule has 0 bridgehead atoms. The second-order valence-electron chi connectivity index (χ2n) is 4.18. The van der Waals surface area contributed by atoms with E-state index in [4.69, 9.17) is 4.74 Å². The zero-order valence-corrected chi connectivity index (χ0v) is 11.8. The first-order valence-electron chi connectivity index (χ1n) is 6.06. The summed E-state index contributed by atoms with van der Waals surface area (Å²) in [6, 6.07) is 3.05. The molecule has 2 rings (SSSR count). The highest BCUT2D eigenvalue weighted by Gasteiger charge is 2.22. The molecule has 20 heavy (non-hydrogen) atoms. The number of carbonyl (C=O) groups is 2. The fourth-order valence-corrected chi connectivity index (χ4v) is 2.47. The molecule has 2 heterocycles. The minimum Gasteiger partial charge on any atom is -0.467 e. The molecule has 2 aromatic heterocycles. The van der Waals surface area contributed by atoms with Gasteiger partial charge in [0.2, 0.25) is 5.91 Å². The molecular weight excluding hydrogens is 278 g/mol. The monoisotopic (exact) mass is 293 g/mol. The molecule has 2 N–H and O–H groups in total. The van der Waals surface area contributed by atoms with Crippen LogP contribution in [0.4, 0.5) is 0 Å². The maximum absolute atomic E-state index is 11.9. The molecule has 0 radical (unpaired) electrons. The molecule has 0 aliphatic carbocycles. The van der Waals surface area contributed by atoms with Gasteiger partial charge < -0.3 is 15.0 Å². The van der Waals surface area contributed by atoms with Gasteiger partial charge in [-0.2, -0.15) is 0 Å². The summed E-state index contributed by atoms with van der Waals surface area (Å²) in [5.41, 5.74) is 0.761. The molecule has 2 aromatic rings. The molecule has 0 unspecified atom stereocenters. The highest BCUT2D eigenvalue weighted by atomic mass is 32.1. The summed E-state index contributed by atoms with van der Waals surface area (Å²) in [4.78, 5) is 31.4. The van der Waals surface area contributed by atoms with Crippen LogP contribution < -0.4 is 5.32 Å². The first-order chi connectivity index (χ1) is 9.69. The van der Waals surface area contributed by atoms with Crippen molar-refractivity contribution in [3.63, 3.8) is 0 Å². The number of esters is 1. The Bertz CT molecular complexity index is 551. The van der Waals surface area contributed by atoms with Gasteiger partial charge in [-0.15, -0.1) is 11.3 Å². The van der Waals surface area contributed by atoms with Gasteiger partial charge in [-0.05, 0) is 11.4 Å². The zero-order chi connectivity index (χ0) is 14.4. The highest BCUT2D eigenvalue weighted by molar-refractivity contribution is 7.10. The molecule has 6 nitrogen and oxygen atoms in total. The largest absolute Gasteiger partial charge is 0.467 e. The lowest BCUT2D eigenvalue weighted by atomic mass is 10.1. The number of ether oxygens (including phenoxy) is 1. The quantitative estimate of drug-likeness (QED) is 0.776. The maximum atomic E-state index is 11.9. The van der Waals surface area contributed by atoms with Gasteiger partial charge in [0, 0.05) is 23.2 Å². The smallest absolute Gasteiger partial charge is 0.328 e. The third-order valence-electron chi connectivity index (χ3n) is 2.71. The minimum atomic E-state index is -0.715. The van der Waals surface area contributed by atoms with Crippen LogP contribution in [0.15, 0.2) is 30.0 Å². The number of nitrogens with one attached hydrogen (secondary N) is 2. The van der Waals surface area contributed by atoms with Crippen molar-refractivity contribution >= 4 is 23.2 Å². The number of hydrogen-bond donors (Lipinski definition) is 2. The van der Waals surface area contributed by atoms with Crippen molar-refractivity contribution in [2.75, 3.05) is 7.11 Å². The fourth-order valence-electron chi connectivity index (χ4n) is 1.77. The number of aromatic nitrogens is 2. The number of carbonyl (C=O) groups excluding carboxylic acids is 2. The van der Waals surface area contributed by atoms with Gasteiger partial charge in [-0.1, -0.05) is 6.07 Å². The van der Waals surface area contributed by atoms with E-state index in [0.29, 0.717) is 6.42 Å². The van der Waals surface area contributed by atoms with Gasteiger partial charge in [0.05, 0.1) is 19.9 Å². The molecule has 1 amide bonds. The standard InChI is InChI=1S/C13H15N3O3S/c1-19-13(18)11(5-9-7-14-8-15-9)16-12(17)6-10-3-2-4-20-10/h2-4,7-8,11H,5-6H2,1H3,(H,14,15)(H,16,17)/t11-/m0/s1. The van der Waals surface area contributed by atoms with Crippen LogP contribution in [0.1, 0.15) is 10.6 Å². The van der Waals surface area contributed by atoms with Gasteiger partial charge in [0.25, 0.3) is 0 Å². The van der Waals surface area contributed by atoms with Crippen molar-refractivity contribution in [3.8, 4) is 0 Å². The van der Waals surface area contributed by atoms with Crippen molar-refractivity contribution in [2.45, 2.75) is 18.9 Å². The fraction of sp³-hybridized carbons (Fsp3) is 0.308. The summed E-state index contributed by atoms with van der Waals surface area (Å²) in [7, 11) is 1.30. The van der Waals surface area contributed by atoms with E-state index < -0.39 is 12.0 Å². The molecule has 0 aliphatic heterocycles. The number of imidazole rings is 1. The third kappa shape index (κ3) is 3.92. The molecule has 0 aliphatic rings. The average Bonchev–Trinajstić information content (AvgIpc) is 3.10. The molecule has 0 aromatic carbocycles. The summed E-state index contributed by atoms with van der Waals surface area (Å²) >= 11 is 1.50. The summed E-state index contributed by atoms with van der Waals surface area (Å²) < 4.78 is 4.71. The number of amides is 1. The molecular formula is C13H15N3O3S. The second kappa shape index (κ2) is 6.85. The second-order valence-corrected chi connectivity index (χ2v) is 5.21. The number of methoxy groups -OCH3 is 1. The number of aromatic amines is 1. The first-order valence-corrected chi connectivity index (χ1v) is 6.94. The summed E-state index contributed by atoms with van der Waals surface area (Å²) in [5, 5.41) is 4.60. The maximum Gasteiger partial charge on any atom is 0.328 e. The Morgan fingerprint density at radius 3 is 3.00 bits per heavy atom. The van der Waals surface area contributed by atoms with Crippen LogP contribution in [0, 0.1) is 0 Å². The van der Waals surface area contributed by atoms with Crippen molar-refractivity contribution in [3.05, 3.63) is 40.6 Å². The van der Waals surface area contributed by atoms with Crippen LogP contribution in [0.2, 0.25) is 0 Å². The number of nitrogens with zero attached hydrogens (tertiary/aromatic N) is 1. The van der Waals surface area contributed by atoms with Gasteiger partial charge >= 0.3 is 5.97 Å². The van der Waals surface area contributed by atoms with E-state index in [1.165, 1.54) is 24.8 Å². The Balaban J connectivity index is 1.96. The highest BCUT2D eigenvalue weighted by Crippen LogP contribution is 2.09. The van der Waals surface area contributed by atoms with Gasteiger partial charge in [-0.25, -0.2) is 9.78 Å². The van der Waals surface area contributed by atoms with Crippen LogP contribution in [-0.2, 0) is 27.2 Å². The topological polar surface area (TPSA) is 84.1 Å². The van der Waals surface area contributed by atoms with E-state index in [1.54, 1.807) is 6.20 Å². The molecule has 0 spiro atoms. The predicted molar refractivity (Wildman–Crippen MR) is 74.3 cm³/mol. The minimum absolute atomic E-state index is 0.206. The van der Waals surface area contributed by atoms with Crippen LogP contribution in [0.3, 0.4) is 0 Å². The Hall–Kier alpha value is -2.15. The third-order valence-corrected chi connectivity index (χ3v) is 3.59. The average molecular weight is 293 g/mol. The van der Waals surface area contributed by atoms with Crippen molar-refractivity contribution in [2.24, 2.45) is 0 Å². The van der Waals surface area contributed by atoms with E-state index in [2.05, 4.69) is 15.3 Å². The van der Waals surface area contributed by atoms with Gasteiger partial charge in [0.1, 0.15) is 6.04 Å². The van der Waals surface area contributed by atoms with E-state index in [1.807, 2.05) is 17.5 Å². The van der Waals surface area contributed by atoms with E-state index in [0.717, 1.165) is 10.6 Å². The zero-order valence-electron chi connectivity index (χ0n) is 11.0. The number of rotatable bonds is 6. The predicted octanol–water partition coefficient (Wildman–Crippen LogP) is 0.914. The SMILES string of the molecule is COC(=O)[C@H](Cc1cnc[nH]1)NC(=O)Cc1cccs1. The summed E-state index contributed by atoms with van der Waals surface area (Å²) in [6.45, 7) is 0.